The molecule has 1 aromatic heterocycles. The first-order valence-electron chi connectivity index (χ1n) is 10.4. The van der Waals surface area contributed by atoms with Crippen molar-refractivity contribution in [1.82, 2.24) is 9.88 Å². The van der Waals surface area contributed by atoms with Crippen molar-refractivity contribution in [3.8, 4) is 16.9 Å². The van der Waals surface area contributed by atoms with E-state index in [1.807, 2.05) is 0 Å². The maximum Gasteiger partial charge on any atom is 0.416 e. The normalized spacial score (nSPS) is 11.2. The summed E-state index contributed by atoms with van der Waals surface area (Å²) in [5.74, 6) is -1.09. The Balaban J connectivity index is 2.12. The number of ether oxygens (including phenoxy) is 1. The number of carboxylic acid groups (broad SMARTS) is 1. The summed E-state index contributed by atoms with van der Waals surface area (Å²) in [6, 6.07) is 12.9. The molecule has 34 heavy (non-hydrogen) atoms. The van der Waals surface area contributed by atoms with Crippen molar-refractivity contribution >= 4 is 11.9 Å². The molecule has 0 spiro atoms. The molecular formula is C25H23F3N2O4. The maximum absolute atomic E-state index is 13.5. The average Bonchev–Trinajstić information content (AvgIpc) is 2.81. The van der Waals surface area contributed by atoms with E-state index in [-0.39, 0.29) is 30.8 Å². The van der Waals surface area contributed by atoms with Crippen molar-refractivity contribution in [3.05, 3.63) is 83.2 Å². The minimum absolute atomic E-state index is 0.114. The van der Waals surface area contributed by atoms with Crippen LogP contribution in [0.15, 0.2) is 60.8 Å². The number of aliphatic carboxylic acids is 1. The molecule has 9 heteroatoms. The second-order valence-corrected chi connectivity index (χ2v) is 7.51. The third-order valence-corrected chi connectivity index (χ3v) is 5.26. The van der Waals surface area contributed by atoms with Crippen molar-refractivity contribution < 1.29 is 32.6 Å². The van der Waals surface area contributed by atoms with Crippen LogP contribution in [-0.2, 0) is 23.9 Å². The van der Waals surface area contributed by atoms with E-state index in [2.05, 4.69) is 4.98 Å². The Morgan fingerprint density at radius 3 is 2.41 bits per heavy atom. The molecule has 6 nitrogen and oxygen atoms in total. The minimum Gasteiger partial charge on any atom is -0.496 e. The highest BCUT2D eigenvalue weighted by atomic mass is 19.4. The lowest BCUT2D eigenvalue weighted by Gasteiger charge is -2.24. The lowest BCUT2D eigenvalue weighted by atomic mass is 9.94. The molecule has 0 fully saturated rings. The topological polar surface area (TPSA) is 79.7 Å². The minimum atomic E-state index is -4.58. The molecule has 0 atom stereocenters. The second kappa shape index (κ2) is 10.4. The van der Waals surface area contributed by atoms with Crippen LogP contribution >= 0.6 is 0 Å². The summed E-state index contributed by atoms with van der Waals surface area (Å²) in [7, 11) is 1.42. The second-order valence-electron chi connectivity index (χ2n) is 7.51. The standard InChI is InChI=1S/C25H23F3N2O4/c1-3-30(24(33)21-6-4-5-11-29-21)15-17-14-18(25(26,27)28)8-9-19(17)20-12-16(13-23(31)32)7-10-22(20)34-2/h4-12,14H,3,13,15H2,1-2H3,(H,31,32). The van der Waals surface area contributed by atoms with Gasteiger partial charge >= 0.3 is 12.1 Å². The van der Waals surface area contributed by atoms with Crippen LogP contribution in [0.25, 0.3) is 11.1 Å². The largest absolute Gasteiger partial charge is 0.496 e. The maximum atomic E-state index is 13.5. The number of carboxylic acids is 1. The molecule has 178 valence electrons. The Bertz CT molecular complexity index is 1180. The molecule has 0 saturated heterocycles. The van der Waals surface area contributed by atoms with Crippen molar-refractivity contribution in [3.63, 3.8) is 0 Å². The highest BCUT2D eigenvalue weighted by Gasteiger charge is 2.32. The predicted octanol–water partition coefficient (Wildman–Crippen LogP) is 5.07. The van der Waals surface area contributed by atoms with Crippen molar-refractivity contribution in [2.75, 3.05) is 13.7 Å². The van der Waals surface area contributed by atoms with Gasteiger partial charge in [0, 0.05) is 24.8 Å². The molecule has 0 saturated carbocycles. The molecule has 0 bridgehead atoms. The van der Waals surface area contributed by atoms with Crippen molar-refractivity contribution in [1.29, 1.82) is 0 Å². The number of hydrogen-bond donors (Lipinski definition) is 1. The molecule has 1 amide bonds. The number of aromatic nitrogens is 1. The number of alkyl halides is 3. The Kier molecular flexibility index (Phi) is 7.55. The first-order valence-corrected chi connectivity index (χ1v) is 10.4. The molecular weight excluding hydrogens is 449 g/mol. The summed E-state index contributed by atoms with van der Waals surface area (Å²) >= 11 is 0. The first-order chi connectivity index (χ1) is 16.1. The van der Waals surface area contributed by atoms with Gasteiger partial charge in [-0.15, -0.1) is 0 Å². The molecule has 0 aliphatic heterocycles. The zero-order chi connectivity index (χ0) is 24.9. The lowest BCUT2D eigenvalue weighted by Crippen LogP contribution is -2.31. The third kappa shape index (κ3) is 5.72. The number of pyridine rings is 1. The van der Waals surface area contributed by atoms with Crippen LogP contribution < -0.4 is 4.74 Å². The molecule has 0 unspecified atom stereocenters. The fraction of sp³-hybridized carbons (Fsp3) is 0.240. The summed E-state index contributed by atoms with van der Waals surface area (Å²) in [6.07, 6.45) is -3.37. The summed E-state index contributed by atoms with van der Waals surface area (Å²) in [4.78, 5) is 29.6. The summed E-state index contributed by atoms with van der Waals surface area (Å²) in [5.41, 5.74) is 0.876. The number of hydrogen-bond acceptors (Lipinski definition) is 4. The van der Waals surface area contributed by atoms with Crippen molar-refractivity contribution in [2.45, 2.75) is 26.1 Å². The number of halogens is 3. The van der Waals surface area contributed by atoms with Gasteiger partial charge in [0.25, 0.3) is 5.91 Å². The predicted molar refractivity (Wildman–Crippen MR) is 119 cm³/mol. The van der Waals surface area contributed by atoms with Gasteiger partial charge in [0.2, 0.25) is 0 Å². The summed E-state index contributed by atoms with van der Waals surface area (Å²) < 4.78 is 46.0. The highest BCUT2D eigenvalue weighted by Crippen LogP contribution is 2.38. The lowest BCUT2D eigenvalue weighted by molar-refractivity contribution is -0.138. The average molecular weight is 472 g/mol. The smallest absolute Gasteiger partial charge is 0.416 e. The van der Waals surface area contributed by atoms with Crippen molar-refractivity contribution in [2.24, 2.45) is 0 Å². The van der Waals surface area contributed by atoms with E-state index < -0.39 is 23.6 Å². The molecule has 3 aromatic rings. The van der Waals surface area contributed by atoms with Crippen LogP contribution in [0, 0.1) is 0 Å². The zero-order valence-corrected chi connectivity index (χ0v) is 18.6. The van der Waals surface area contributed by atoms with Crippen LogP contribution in [0.1, 0.15) is 34.1 Å². The Morgan fingerprint density at radius 2 is 1.82 bits per heavy atom. The van der Waals surface area contributed by atoms with Crippen LogP contribution in [-0.4, -0.2) is 40.5 Å². The molecule has 1 heterocycles. The molecule has 2 aromatic carbocycles. The summed E-state index contributed by atoms with van der Waals surface area (Å²) in [5, 5.41) is 9.15. The van der Waals surface area contributed by atoms with Gasteiger partial charge in [-0.3, -0.25) is 14.6 Å². The van der Waals surface area contributed by atoms with Gasteiger partial charge in [0.05, 0.1) is 19.1 Å². The fourth-order valence-corrected chi connectivity index (χ4v) is 3.60. The SMILES string of the molecule is CCN(Cc1cc(C(F)(F)F)ccc1-c1cc(CC(=O)O)ccc1OC)C(=O)c1ccccn1. The van der Waals surface area contributed by atoms with Crippen LogP contribution in [0.3, 0.4) is 0 Å². The Hall–Kier alpha value is -3.88. The molecule has 0 aliphatic rings. The molecule has 0 radical (unpaired) electrons. The number of amides is 1. The van der Waals surface area contributed by atoms with E-state index in [1.54, 1.807) is 37.3 Å². The molecule has 1 N–H and O–H groups in total. The van der Waals surface area contributed by atoms with Crippen LogP contribution in [0.5, 0.6) is 5.75 Å². The number of rotatable bonds is 8. The number of methoxy groups -OCH3 is 1. The molecule has 3 rings (SSSR count). The van der Waals surface area contributed by atoms with E-state index in [9.17, 15) is 22.8 Å². The van der Waals surface area contributed by atoms with Gasteiger partial charge in [-0.05, 0) is 60.0 Å². The number of carbonyl (C=O) groups excluding carboxylic acids is 1. The summed E-state index contributed by atoms with van der Waals surface area (Å²) in [6.45, 7) is 1.85. The van der Waals surface area contributed by atoms with Gasteiger partial charge in [0.15, 0.2) is 0 Å². The Labute approximate surface area is 194 Å². The Morgan fingerprint density at radius 1 is 1.06 bits per heavy atom. The fourth-order valence-electron chi connectivity index (χ4n) is 3.60. The van der Waals surface area contributed by atoms with E-state index in [1.165, 1.54) is 30.3 Å². The third-order valence-electron chi connectivity index (χ3n) is 5.26. The highest BCUT2D eigenvalue weighted by molar-refractivity contribution is 5.92. The number of benzene rings is 2. The van der Waals surface area contributed by atoms with Gasteiger partial charge in [-0.1, -0.05) is 18.2 Å². The van der Waals surface area contributed by atoms with E-state index in [0.717, 1.165) is 12.1 Å². The van der Waals surface area contributed by atoms with E-state index in [4.69, 9.17) is 9.84 Å². The number of nitrogens with zero attached hydrogens (tertiary/aromatic N) is 2. The van der Waals surface area contributed by atoms with Crippen LogP contribution in [0.2, 0.25) is 0 Å². The van der Waals surface area contributed by atoms with Gasteiger partial charge in [-0.2, -0.15) is 13.2 Å². The number of carbonyl (C=O) groups is 2. The quantitative estimate of drug-likeness (QED) is 0.496. The van der Waals surface area contributed by atoms with Gasteiger partial charge in [0.1, 0.15) is 11.4 Å². The van der Waals surface area contributed by atoms with E-state index in [0.29, 0.717) is 22.4 Å². The molecule has 0 aliphatic carbocycles. The first kappa shape index (κ1) is 24.8. The van der Waals surface area contributed by atoms with E-state index >= 15 is 0 Å². The van der Waals surface area contributed by atoms with Crippen LogP contribution in [0.4, 0.5) is 13.2 Å². The van der Waals surface area contributed by atoms with Gasteiger partial charge < -0.3 is 14.7 Å². The zero-order valence-electron chi connectivity index (χ0n) is 18.6. The monoisotopic (exact) mass is 472 g/mol. The van der Waals surface area contributed by atoms with Gasteiger partial charge in [-0.25, -0.2) is 0 Å².